The van der Waals surface area contributed by atoms with Crippen molar-refractivity contribution < 1.29 is 13.9 Å². The van der Waals surface area contributed by atoms with Crippen molar-refractivity contribution in [3.05, 3.63) is 48.0 Å². The van der Waals surface area contributed by atoms with Gasteiger partial charge in [-0.25, -0.2) is 4.39 Å². The van der Waals surface area contributed by atoms with Gasteiger partial charge in [-0.1, -0.05) is 0 Å². The van der Waals surface area contributed by atoms with Crippen LogP contribution in [0.5, 0.6) is 0 Å². The Morgan fingerprint density at radius 2 is 2.14 bits per heavy atom. The zero-order valence-corrected chi connectivity index (χ0v) is 20.1. The van der Waals surface area contributed by atoms with Crippen molar-refractivity contribution in [3.63, 3.8) is 0 Å². The van der Waals surface area contributed by atoms with Gasteiger partial charge in [0, 0.05) is 34.5 Å². The second-order valence-corrected chi connectivity index (χ2v) is 10.1. The van der Waals surface area contributed by atoms with Gasteiger partial charge in [0.1, 0.15) is 18.5 Å². The number of carbonyl (C=O) groups excluding carboxylic acids is 1. The fourth-order valence-electron chi connectivity index (χ4n) is 6.28. The summed E-state index contributed by atoms with van der Waals surface area (Å²) in [6, 6.07) is 7.08. The van der Waals surface area contributed by atoms with Gasteiger partial charge in [0.2, 0.25) is 0 Å². The lowest BCUT2D eigenvalue weighted by Crippen LogP contribution is -2.34. The average Bonchev–Trinajstić information content (AvgIpc) is 3.65. The summed E-state index contributed by atoms with van der Waals surface area (Å²) in [6.07, 6.45) is 6.96. The first-order chi connectivity index (χ1) is 17.4. The van der Waals surface area contributed by atoms with Crippen molar-refractivity contribution in [1.82, 2.24) is 20.0 Å². The van der Waals surface area contributed by atoms with E-state index in [0.717, 1.165) is 46.8 Å². The number of H-pyrrole nitrogens is 1. The fraction of sp³-hybridized carbons (Fsp3) is 0.423. The Morgan fingerprint density at radius 1 is 1.31 bits per heavy atom. The van der Waals surface area contributed by atoms with E-state index < -0.39 is 17.8 Å². The summed E-state index contributed by atoms with van der Waals surface area (Å²) < 4.78 is 21.7. The topological polar surface area (TPSA) is 137 Å². The molecule has 6 rings (SSSR count). The number of fused-ring (bicyclic) bond motifs is 4. The number of aromatic nitrogens is 4. The molecule has 0 amide bonds. The number of carbonyl (C=O) groups is 1. The van der Waals surface area contributed by atoms with E-state index >= 15 is 0 Å². The third kappa shape index (κ3) is 3.76. The number of aromatic amines is 1. The van der Waals surface area contributed by atoms with Gasteiger partial charge < -0.3 is 21.5 Å². The third-order valence-electron chi connectivity index (χ3n) is 7.92. The fourth-order valence-corrected chi connectivity index (χ4v) is 6.28. The number of hydrogen-bond donors (Lipinski definition) is 4. The number of ether oxygens (including phenoxy) is 1. The quantitative estimate of drug-likeness (QED) is 0.229. The van der Waals surface area contributed by atoms with Crippen LogP contribution in [-0.2, 0) is 16.1 Å². The summed E-state index contributed by atoms with van der Waals surface area (Å²) in [7, 11) is 0. The van der Waals surface area contributed by atoms with Crippen LogP contribution in [0.4, 0.5) is 15.8 Å². The highest BCUT2D eigenvalue weighted by Gasteiger charge is 2.49. The summed E-state index contributed by atoms with van der Waals surface area (Å²) in [4.78, 5) is 11.6. The maximum atomic E-state index is 14.7. The molecule has 2 aliphatic carbocycles. The van der Waals surface area contributed by atoms with E-state index in [-0.39, 0.29) is 24.3 Å². The van der Waals surface area contributed by atoms with Gasteiger partial charge in [-0.3, -0.25) is 14.6 Å². The molecule has 2 saturated carbocycles. The van der Waals surface area contributed by atoms with Crippen LogP contribution in [0.15, 0.2) is 36.7 Å². The predicted molar refractivity (Wildman–Crippen MR) is 136 cm³/mol. The minimum absolute atomic E-state index is 0.109. The molecule has 2 heterocycles. The molecule has 0 aliphatic heterocycles. The van der Waals surface area contributed by atoms with E-state index in [1.54, 1.807) is 13.1 Å². The molecule has 4 aromatic rings. The number of nitrogens with two attached hydrogens (primary N) is 2. The van der Waals surface area contributed by atoms with Gasteiger partial charge in [0.15, 0.2) is 0 Å². The number of esters is 1. The van der Waals surface area contributed by atoms with E-state index in [1.165, 1.54) is 6.07 Å². The molecule has 0 radical (unpaired) electrons. The Labute approximate surface area is 207 Å². The molecule has 188 valence electrons. The molecule has 2 aromatic carbocycles. The van der Waals surface area contributed by atoms with Crippen molar-refractivity contribution in [2.75, 3.05) is 17.7 Å². The van der Waals surface area contributed by atoms with E-state index in [2.05, 4.69) is 26.7 Å². The maximum absolute atomic E-state index is 14.7. The van der Waals surface area contributed by atoms with Crippen LogP contribution >= 0.6 is 0 Å². The Hall–Kier alpha value is -3.66. The zero-order valence-electron chi connectivity index (χ0n) is 20.1. The lowest BCUT2D eigenvalue weighted by atomic mass is 9.78. The molecule has 3 unspecified atom stereocenters. The number of halogens is 1. The summed E-state index contributed by atoms with van der Waals surface area (Å²) in [5.41, 5.74) is 15.6. The Kier molecular flexibility index (Phi) is 5.55. The molecule has 5 atom stereocenters. The van der Waals surface area contributed by atoms with Gasteiger partial charge >= 0.3 is 5.97 Å². The number of nitrogens with zero attached hydrogens (tertiary/aromatic N) is 3. The van der Waals surface area contributed by atoms with Gasteiger partial charge in [-0.05, 0) is 61.8 Å². The monoisotopic (exact) mass is 491 g/mol. The summed E-state index contributed by atoms with van der Waals surface area (Å²) >= 11 is 0. The van der Waals surface area contributed by atoms with Gasteiger partial charge in [0.05, 0.1) is 35.7 Å². The normalized spacial score (nSPS) is 24.0. The molecule has 2 bridgehead atoms. The van der Waals surface area contributed by atoms with Gasteiger partial charge in [-0.15, -0.1) is 0 Å². The highest BCUT2D eigenvalue weighted by Crippen LogP contribution is 2.56. The van der Waals surface area contributed by atoms with E-state index in [9.17, 15) is 9.18 Å². The van der Waals surface area contributed by atoms with Crippen molar-refractivity contribution >= 4 is 39.1 Å². The maximum Gasteiger partial charge on any atom is 0.322 e. The SMILES string of the molecule is CC(N)C(=O)OCCn1ncc2cc(N[C@@H]3C4CCC(C4)[C@@H]3c3c(N)c(F)cc4[nH]ncc34)ccc21. The van der Waals surface area contributed by atoms with Crippen LogP contribution in [0.25, 0.3) is 21.8 Å². The Balaban J connectivity index is 1.26. The number of anilines is 2. The minimum Gasteiger partial charge on any atom is -0.463 e. The lowest BCUT2D eigenvalue weighted by Gasteiger charge is -2.34. The molecule has 2 fully saturated rings. The van der Waals surface area contributed by atoms with E-state index in [4.69, 9.17) is 16.2 Å². The molecule has 2 aromatic heterocycles. The minimum atomic E-state index is -0.644. The molecule has 6 N–H and O–H groups in total. The first-order valence-corrected chi connectivity index (χ1v) is 12.5. The number of nitrogen functional groups attached to an aromatic ring is 1. The van der Waals surface area contributed by atoms with Crippen molar-refractivity contribution in [3.8, 4) is 0 Å². The number of nitrogens with one attached hydrogen (secondary N) is 2. The van der Waals surface area contributed by atoms with Crippen LogP contribution in [-0.4, -0.2) is 44.6 Å². The van der Waals surface area contributed by atoms with E-state index in [0.29, 0.717) is 23.9 Å². The first kappa shape index (κ1) is 22.8. The molecule has 10 heteroatoms. The average molecular weight is 492 g/mol. The second-order valence-electron chi connectivity index (χ2n) is 10.1. The first-order valence-electron chi connectivity index (χ1n) is 12.5. The van der Waals surface area contributed by atoms with Crippen LogP contribution in [0, 0.1) is 17.7 Å². The van der Waals surface area contributed by atoms with Crippen LogP contribution in [0.2, 0.25) is 0 Å². The van der Waals surface area contributed by atoms with Crippen LogP contribution < -0.4 is 16.8 Å². The lowest BCUT2D eigenvalue weighted by molar-refractivity contribution is -0.145. The van der Waals surface area contributed by atoms with E-state index in [1.807, 2.05) is 23.0 Å². The standard InChI is InChI=1S/C26H30FN7O2/c1-13(28)26(35)36-7-6-34-21-5-4-17(9-16(21)11-31-34)32-25-15-3-2-14(8-15)22(25)23-18-12-30-33-20(18)10-19(27)24(23)29/h4-5,9-15,22,25,32H,2-3,6-8,28-29H2,1H3,(H,30,33)/t13?,14?,15?,22-,25-/m1/s1. The highest BCUT2D eigenvalue weighted by atomic mass is 19.1. The summed E-state index contributed by atoms with van der Waals surface area (Å²) in [5, 5.41) is 17.2. The van der Waals surface area contributed by atoms with Crippen molar-refractivity contribution in [2.45, 2.75) is 50.7 Å². The van der Waals surface area contributed by atoms with Crippen molar-refractivity contribution in [2.24, 2.45) is 17.6 Å². The summed E-state index contributed by atoms with van der Waals surface area (Å²) in [6.45, 7) is 2.26. The molecule has 2 aliphatic rings. The second kappa shape index (κ2) is 8.77. The number of benzene rings is 2. The third-order valence-corrected chi connectivity index (χ3v) is 7.92. The van der Waals surface area contributed by atoms with Gasteiger partial charge in [0.25, 0.3) is 0 Å². The smallest absolute Gasteiger partial charge is 0.322 e. The van der Waals surface area contributed by atoms with Crippen LogP contribution in [0.3, 0.4) is 0 Å². The Morgan fingerprint density at radius 3 is 2.97 bits per heavy atom. The molecule has 9 nitrogen and oxygen atoms in total. The zero-order chi connectivity index (χ0) is 25.0. The Bertz CT molecular complexity index is 1450. The van der Waals surface area contributed by atoms with Gasteiger partial charge in [-0.2, -0.15) is 10.2 Å². The molecule has 36 heavy (non-hydrogen) atoms. The summed E-state index contributed by atoms with van der Waals surface area (Å²) in [5.74, 6) is 0.245. The largest absolute Gasteiger partial charge is 0.463 e. The highest BCUT2D eigenvalue weighted by molar-refractivity contribution is 5.88. The predicted octanol–water partition coefficient (Wildman–Crippen LogP) is 3.52. The molecule has 0 spiro atoms. The number of hydrogen-bond acceptors (Lipinski definition) is 7. The molecular weight excluding hydrogens is 461 g/mol. The van der Waals surface area contributed by atoms with Crippen molar-refractivity contribution in [1.29, 1.82) is 0 Å². The molecular formula is C26H30FN7O2. The van der Waals surface area contributed by atoms with Crippen LogP contribution in [0.1, 0.15) is 37.7 Å². The molecule has 0 saturated heterocycles. The number of rotatable bonds is 7.